The van der Waals surface area contributed by atoms with E-state index in [1.54, 1.807) is 13.0 Å². The molecule has 0 bridgehead atoms. The standard InChI is InChI=1S/C6H9NO3S2/c1-4(8)5-2-3-6(11-5)12(7,9)10/h2-4,8H,1H3,(H2,7,9,10). The van der Waals surface area contributed by atoms with Gasteiger partial charge in [-0.05, 0) is 19.1 Å². The fourth-order valence-corrected chi connectivity index (χ4v) is 2.40. The van der Waals surface area contributed by atoms with E-state index in [9.17, 15) is 8.42 Å². The smallest absolute Gasteiger partial charge is 0.247 e. The van der Waals surface area contributed by atoms with E-state index in [0.29, 0.717) is 4.88 Å². The summed E-state index contributed by atoms with van der Waals surface area (Å²) in [6.45, 7) is 1.57. The summed E-state index contributed by atoms with van der Waals surface area (Å²) in [6.07, 6.45) is -0.648. The summed E-state index contributed by atoms with van der Waals surface area (Å²) in [7, 11) is -3.61. The summed E-state index contributed by atoms with van der Waals surface area (Å²) < 4.78 is 21.6. The van der Waals surface area contributed by atoms with E-state index in [1.807, 2.05) is 0 Å². The Bertz CT molecular complexity index is 366. The highest BCUT2D eigenvalue weighted by Crippen LogP contribution is 2.25. The highest BCUT2D eigenvalue weighted by Gasteiger charge is 2.12. The molecule has 0 fully saturated rings. The van der Waals surface area contributed by atoms with E-state index in [-0.39, 0.29) is 4.21 Å². The van der Waals surface area contributed by atoms with Gasteiger partial charge in [0, 0.05) is 4.88 Å². The molecule has 0 saturated heterocycles. The largest absolute Gasteiger partial charge is 0.388 e. The first-order valence-corrected chi connectivity index (χ1v) is 5.58. The molecule has 0 amide bonds. The molecule has 0 aliphatic rings. The lowest BCUT2D eigenvalue weighted by Crippen LogP contribution is -2.09. The third kappa shape index (κ3) is 2.04. The number of rotatable bonds is 2. The molecule has 1 aromatic heterocycles. The molecule has 68 valence electrons. The Morgan fingerprint density at radius 3 is 2.42 bits per heavy atom. The third-order valence-corrected chi connectivity index (χ3v) is 3.99. The number of sulfonamides is 1. The summed E-state index contributed by atoms with van der Waals surface area (Å²) >= 11 is 0.985. The fraction of sp³-hybridized carbons (Fsp3) is 0.333. The van der Waals surface area contributed by atoms with Crippen molar-refractivity contribution in [3.8, 4) is 0 Å². The van der Waals surface area contributed by atoms with Gasteiger partial charge in [-0.1, -0.05) is 0 Å². The van der Waals surface area contributed by atoms with Crippen molar-refractivity contribution in [1.82, 2.24) is 0 Å². The number of aliphatic hydroxyl groups excluding tert-OH is 1. The molecule has 0 radical (unpaired) electrons. The first-order chi connectivity index (χ1) is 5.41. The number of nitrogens with two attached hydrogens (primary N) is 1. The van der Waals surface area contributed by atoms with E-state index >= 15 is 0 Å². The minimum atomic E-state index is -3.61. The molecular formula is C6H9NO3S2. The Morgan fingerprint density at radius 2 is 2.17 bits per heavy atom. The second kappa shape index (κ2) is 3.14. The first-order valence-electron chi connectivity index (χ1n) is 3.22. The van der Waals surface area contributed by atoms with Crippen LogP contribution in [0.2, 0.25) is 0 Å². The molecule has 0 spiro atoms. The van der Waals surface area contributed by atoms with Crippen LogP contribution in [0.1, 0.15) is 17.9 Å². The highest BCUT2D eigenvalue weighted by atomic mass is 32.2. The van der Waals surface area contributed by atoms with Crippen molar-refractivity contribution in [1.29, 1.82) is 0 Å². The van der Waals surface area contributed by atoms with Crippen molar-refractivity contribution in [2.45, 2.75) is 17.2 Å². The summed E-state index contributed by atoms with van der Waals surface area (Å²) in [5.41, 5.74) is 0. The predicted molar refractivity (Wildman–Crippen MR) is 46.3 cm³/mol. The van der Waals surface area contributed by atoms with E-state index in [0.717, 1.165) is 11.3 Å². The normalized spacial score (nSPS) is 14.6. The van der Waals surface area contributed by atoms with Crippen LogP contribution in [0, 0.1) is 0 Å². The van der Waals surface area contributed by atoms with E-state index in [2.05, 4.69) is 0 Å². The molecule has 6 heteroatoms. The molecule has 12 heavy (non-hydrogen) atoms. The van der Waals surface area contributed by atoms with Crippen LogP contribution in [-0.2, 0) is 10.0 Å². The number of hydrogen-bond donors (Lipinski definition) is 2. The number of aliphatic hydroxyl groups is 1. The van der Waals surface area contributed by atoms with Crippen LogP contribution in [0.15, 0.2) is 16.3 Å². The zero-order valence-electron chi connectivity index (χ0n) is 6.39. The Morgan fingerprint density at radius 1 is 1.58 bits per heavy atom. The van der Waals surface area contributed by atoms with Crippen molar-refractivity contribution in [3.05, 3.63) is 17.0 Å². The topological polar surface area (TPSA) is 80.4 Å². The Labute approximate surface area is 74.7 Å². The maximum Gasteiger partial charge on any atom is 0.247 e. The molecule has 1 rings (SSSR count). The first kappa shape index (κ1) is 9.66. The molecular weight excluding hydrogens is 198 g/mol. The molecule has 1 aromatic rings. The average molecular weight is 207 g/mol. The summed E-state index contributed by atoms with van der Waals surface area (Å²) in [5, 5.41) is 13.9. The molecule has 3 N–H and O–H groups in total. The SMILES string of the molecule is CC(O)c1ccc(S(N)(=O)=O)s1. The predicted octanol–water partition coefficient (Wildman–Crippen LogP) is 0.449. The Balaban J connectivity index is 3.09. The Hall–Kier alpha value is -0.430. The van der Waals surface area contributed by atoms with E-state index in [4.69, 9.17) is 10.2 Å². The zero-order chi connectivity index (χ0) is 9.35. The van der Waals surface area contributed by atoms with Gasteiger partial charge in [0.25, 0.3) is 0 Å². The molecule has 4 nitrogen and oxygen atoms in total. The zero-order valence-corrected chi connectivity index (χ0v) is 8.02. The van der Waals surface area contributed by atoms with Gasteiger partial charge in [-0.15, -0.1) is 11.3 Å². The van der Waals surface area contributed by atoms with Crippen LogP contribution in [0.5, 0.6) is 0 Å². The van der Waals surface area contributed by atoms with Gasteiger partial charge in [0.15, 0.2) is 0 Å². The van der Waals surface area contributed by atoms with Gasteiger partial charge in [-0.25, -0.2) is 13.6 Å². The lowest BCUT2D eigenvalue weighted by molar-refractivity contribution is 0.203. The summed E-state index contributed by atoms with van der Waals surface area (Å²) in [5.74, 6) is 0. The van der Waals surface area contributed by atoms with Crippen LogP contribution in [0.25, 0.3) is 0 Å². The van der Waals surface area contributed by atoms with Crippen molar-refractivity contribution < 1.29 is 13.5 Å². The highest BCUT2D eigenvalue weighted by molar-refractivity contribution is 7.91. The van der Waals surface area contributed by atoms with Gasteiger partial charge in [-0.2, -0.15) is 0 Å². The van der Waals surface area contributed by atoms with Crippen LogP contribution in [-0.4, -0.2) is 13.5 Å². The van der Waals surface area contributed by atoms with Crippen molar-refractivity contribution in [2.24, 2.45) is 5.14 Å². The number of thiophene rings is 1. The molecule has 1 unspecified atom stereocenters. The second-order valence-electron chi connectivity index (χ2n) is 2.38. The van der Waals surface area contributed by atoms with Gasteiger partial charge < -0.3 is 5.11 Å². The maximum absolute atomic E-state index is 10.8. The van der Waals surface area contributed by atoms with Gasteiger partial charge in [-0.3, -0.25) is 0 Å². The van der Waals surface area contributed by atoms with Gasteiger partial charge in [0.1, 0.15) is 4.21 Å². The van der Waals surface area contributed by atoms with E-state index < -0.39 is 16.1 Å². The molecule has 1 atom stereocenters. The van der Waals surface area contributed by atoms with Gasteiger partial charge in [0.05, 0.1) is 6.10 Å². The van der Waals surface area contributed by atoms with Crippen molar-refractivity contribution >= 4 is 21.4 Å². The fourth-order valence-electron chi connectivity index (χ4n) is 0.712. The van der Waals surface area contributed by atoms with Crippen LogP contribution < -0.4 is 5.14 Å². The molecule has 0 saturated carbocycles. The van der Waals surface area contributed by atoms with Crippen molar-refractivity contribution in [3.63, 3.8) is 0 Å². The molecule has 0 aromatic carbocycles. The summed E-state index contributed by atoms with van der Waals surface area (Å²) in [6, 6.07) is 2.94. The van der Waals surface area contributed by atoms with Crippen LogP contribution >= 0.6 is 11.3 Å². The second-order valence-corrected chi connectivity index (χ2v) is 5.28. The average Bonchev–Trinajstić information content (AvgIpc) is 2.30. The third-order valence-electron chi connectivity index (χ3n) is 1.29. The van der Waals surface area contributed by atoms with Gasteiger partial charge in [0.2, 0.25) is 10.0 Å². The quantitative estimate of drug-likeness (QED) is 0.738. The number of primary sulfonamides is 1. The van der Waals surface area contributed by atoms with Crippen LogP contribution in [0.3, 0.4) is 0 Å². The lowest BCUT2D eigenvalue weighted by atomic mass is 10.3. The maximum atomic E-state index is 10.8. The van der Waals surface area contributed by atoms with Gasteiger partial charge >= 0.3 is 0 Å². The molecule has 0 aliphatic carbocycles. The monoisotopic (exact) mass is 207 g/mol. The molecule has 0 aliphatic heterocycles. The van der Waals surface area contributed by atoms with Crippen molar-refractivity contribution in [2.75, 3.05) is 0 Å². The molecule has 1 heterocycles. The number of hydrogen-bond acceptors (Lipinski definition) is 4. The van der Waals surface area contributed by atoms with Crippen LogP contribution in [0.4, 0.5) is 0 Å². The minimum Gasteiger partial charge on any atom is -0.388 e. The minimum absolute atomic E-state index is 0.0819. The summed E-state index contributed by atoms with van der Waals surface area (Å²) in [4.78, 5) is 0.596. The van der Waals surface area contributed by atoms with E-state index in [1.165, 1.54) is 6.07 Å². The Kier molecular flexibility index (Phi) is 2.52. The lowest BCUT2D eigenvalue weighted by Gasteiger charge is -1.96.